The molecule has 3 N–H and O–H groups in total. The van der Waals surface area contributed by atoms with Crippen LogP contribution < -0.4 is 20.7 Å². The minimum Gasteiger partial charge on any atom is -0.457 e. The molecule has 0 saturated heterocycles. The molecule has 0 aliphatic heterocycles. The fourth-order valence-electron chi connectivity index (χ4n) is 2.81. The third kappa shape index (κ3) is 7.59. The maximum Gasteiger partial charge on any atom is 0.417 e. The van der Waals surface area contributed by atoms with Gasteiger partial charge in [-0.15, -0.1) is 0 Å². The average molecular weight is 509 g/mol. The van der Waals surface area contributed by atoms with Gasteiger partial charge in [0.15, 0.2) is 0 Å². The third-order valence-electron chi connectivity index (χ3n) is 4.43. The van der Waals surface area contributed by atoms with Crippen molar-refractivity contribution in [2.45, 2.75) is 6.18 Å². The van der Waals surface area contributed by atoms with Crippen LogP contribution in [-0.4, -0.2) is 37.2 Å². The standard InChI is InChI=1S/C23H20ClF3N4O4/c1-34-11-10-29-21(32)20-13-17(8-9-28-20)35-16-5-2-14(3-6-16)30-22(33)31-15-4-7-19(24)18(12-15)23(25,26)27/h2-9,12-13H,10-11H2,1H3,(H,29,32)(H2,30,31,33). The number of amides is 3. The predicted molar refractivity (Wildman–Crippen MR) is 124 cm³/mol. The maximum absolute atomic E-state index is 13.0. The van der Waals surface area contributed by atoms with E-state index in [1.165, 1.54) is 37.6 Å². The van der Waals surface area contributed by atoms with Crippen LogP contribution in [0.15, 0.2) is 60.8 Å². The molecule has 0 unspecified atom stereocenters. The minimum atomic E-state index is -4.65. The van der Waals surface area contributed by atoms with Crippen LogP contribution in [-0.2, 0) is 10.9 Å². The summed E-state index contributed by atoms with van der Waals surface area (Å²) in [5, 5.41) is 7.03. The molecule has 0 aliphatic rings. The predicted octanol–water partition coefficient (Wildman–Crippen LogP) is 5.57. The summed E-state index contributed by atoms with van der Waals surface area (Å²) >= 11 is 5.58. The molecule has 12 heteroatoms. The van der Waals surface area contributed by atoms with Gasteiger partial charge in [0.2, 0.25) is 0 Å². The number of halogens is 4. The van der Waals surface area contributed by atoms with Gasteiger partial charge >= 0.3 is 12.2 Å². The van der Waals surface area contributed by atoms with Crippen LogP contribution in [0.5, 0.6) is 11.5 Å². The van der Waals surface area contributed by atoms with E-state index in [0.717, 1.165) is 12.1 Å². The molecule has 1 heterocycles. The molecule has 0 atom stereocenters. The number of carbonyl (C=O) groups is 2. The number of carbonyl (C=O) groups excluding carboxylic acids is 2. The monoisotopic (exact) mass is 508 g/mol. The number of methoxy groups -OCH3 is 1. The first-order valence-corrected chi connectivity index (χ1v) is 10.5. The van der Waals surface area contributed by atoms with E-state index < -0.39 is 22.8 Å². The molecule has 3 amide bonds. The van der Waals surface area contributed by atoms with Crippen molar-refractivity contribution in [1.82, 2.24) is 10.3 Å². The van der Waals surface area contributed by atoms with E-state index in [1.54, 1.807) is 18.2 Å². The van der Waals surface area contributed by atoms with E-state index in [0.29, 0.717) is 30.3 Å². The number of nitrogens with zero attached hydrogens (tertiary/aromatic N) is 1. The van der Waals surface area contributed by atoms with Crippen molar-refractivity contribution in [2.24, 2.45) is 0 Å². The molecule has 8 nitrogen and oxygen atoms in total. The zero-order valence-corrected chi connectivity index (χ0v) is 19.0. The highest BCUT2D eigenvalue weighted by atomic mass is 35.5. The number of alkyl halides is 3. The molecule has 3 aromatic rings. The van der Waals surface area contributed by atoms with Crippen molar-refractivity contribution < 1.29 is 32.2 Å². The Morgan fingerprint density at radius 3 is 2.34 bits per heavy atom. The third-order valence-corrected chi connectivity index (χ3v) is 4.76. The van der Waals surface area contributed by atoms with Crippen LogP contribution in [0.25, 0.3) is 0 Å². The molecule has 0 spiro atoms. The Morgan fingerprint density at radius 1 is 0.971 bits per heavy atom. The Bertz CT molecular complexity index is 1190. The van der Waals surface area contributed by atoms with E-state index in [-0.39, 0.29) is 17.3 Å². The van der Waals surface area contributed by atoms with Gasteiger partial charge in [0.1, 0.15) is 17.2 Å². The van der Waals surface area contributed by atoms with Crippen molar-refractivity contribution >= 4 is 34.9 Å². The highest BCUT2D eigenvalue weighted by Crippen LogP contribution is 2.36. The smallest absolute Gasteiger partial charge is 0.417 e. The summed E-state index contributed by atoms with van der Waals surface area (Å²) in [7, 11) is 1.53. The molecule has 0 radical (unpaired) electrons. The van der Waals surface area contributed by atoms with Gasteiger partial charge in [-0.25, -0.2) is 4.79 Å². The Hall–Kier alpha value is -3.83. The molecule has 184 valence electrons. The van der Waals surface area contributed by atoms with Crippen molar-refractivity contribution in [3.05, 3.63) is 77.1 Å². The summed E-state index contributed by atoms with van der Waals surface area (Å²) in [5.74, 6) is 0.417. The summed E-state index contributed by atoms with van der Waals surface area (Å²) in [5.41, 5.74) is -0.582. The Balaban J connectivity index is 1.58. The molecule has 0 saturated carbocycles. The number of urea groups is 1. The second-order valence-electron chi connectivity index (χ2n) is 7.02. The van der Waals surface area contributed by atoms with Gasteiger partial charge < -0.3 is 25.4 Å². The fourth-order valence-corrected chi connectivity index (χ4v) is 3.04. The molecule has 1 aromatic heterocycles. The summed E-state index contributed by atoms with van der Waals surface area (Å²) in [6, 6.07) is 11.6. The van der Waals surface area contributed by atoms with Crippen LogP contribution in [0.1, 0.15) is 16.1 Å². The van der Waals surface area contributed by atoms with E-state index in [4.69, 9.17) is 21.1 Å². The van der Waals surface area contributed by atoms with Crippen LogP contribution >= 0.6 is 11.6 Å². The normalized spacial score (nSPS) is 11.0. The zero-order valence-electron chi connectivity index (χ0n) is 18.3. The van der Waals surface area contributed by atoms with Crippen molar-refractivity contribution in [3.8, 4) is 11.5 Å². The van der Waals surface area contributed by atoms with E-state index in [9.17, 15) is 22.8 Å². The Labute approximate surface area is 203 Å². The number of hydrogen-bond acceptors (Lipinski definition) is 5. The van der Waals surface area contributed by atoms with Gasteiger partial charge in [0.25, 0.3) is 5.91 Å². The van der Waals surface area contributed by atoms with Gasteiger partial charge in [-0.3, -0.25) is 9.78 Å². The minimum absolute atomic E-state index is 0.0704. The van der Waals surface area contributed by atoms with Crippen LogP contribution in [0, 0.1) is 0 Å². The quantitative estimate of drug-likeness (QED) is 0.345. The SMILES string of the molecule is COCCNC(=O)c1cc(Oc2ccc(NC(=O)Nc3ccc(Cl)c(C(F)(F)F)c3)cc2)ccn1. The van der Waals surface area contributed by atoms with Crippen molar-refractivity contribution in [2.75, 3.05) is 30.9 Å². The van der Waals surface area contributed by atoms with Crippen LogP contribution in [0.4, 0.5) is 29.3 Å². The molecule has 35 heavy (non-hydrogen) atoms. The average Bonchev–Trinajstić information content (AvgIpc) is 2.81. The lowest BCUT2D eigenvalue weighted by molar-refractivity contribution is -0.137. The van der Waals surface area contributed by atoms with E-state index in [1.807, 2.05) is 0 Å². The number of hydrogen-bond donors (Lipinski definition) is 3. The number of anilines is 2. The lowest BCUT2D eigenvalue weighted by atomic mass is 10.2. The van der Waals surface area contributed by atoms with Gasteiger partial charge in [0.05, 0.1) is 17.2 Å². The van der Waals surface area contributed by atoms with Gasteiger partial charge in [-0.2, -0.15) is 13.2 Å². The van der Waals surface area contributed by atoms with E-state index in [2.05, 4.69) is 20.9 Å². The largest absolute Gasteiger partial charge is 0.457 e. The fraction of sp³-hybridized carbons (Fsp3) is 0.174. The number of nitrogens with one attached hydrogen (secondary N) is 3. The Morgan fingerprint density at radius 2 is 1.66 bits per heavy atom. The molecule has 0 bridgehead atoms. The van der Waals surface area contributed by atoms with Gasteiger partial charge in [-0.05, 0) is 48.5 Å². The maximum atomic E-state index is 13.0. The van der Waals surface area contributed by atoms with Crippen molar-refractivity contribution in [1.29, 1.82) is 0 Å². The molecule has 3 rings (SSSR count). The lowest BCUT2D eigenvalue weighted by Gasteiger charge is -2.12. The summed E-state index contributed by atoms with van der Waals surface area (Å²) < 4.78 is 49.5. The Kier molecular flexibility index (Phi) is 8.50. The highest BCUT2D eigenvalue weighted by Gasteiger charge is 2.33. The number of rotatable bonds is 8. The topological polar surface area (TPSA) is 102 Å². The number of aromatic nitrogens is 1. The van der Waals surface area contributed by atoms with Crippen LogP contribution in [0.3, 0.4) is 0 Å². The first-order valence-electron chi connectivity index (χ1n) is 10.1. The first kappa shape index (κ1) is 25.8. The van der Waals surface area contributed by atoms with Gasteiger partial charge in [0, 0.05) is 37.3 Å². The zero-order chi connectivity index (χ0) is 25.4. The van der Waals surface area contributed by atoms with Crippen LogP contribution in [0.2, 0.25) is 5.02 Å². The lowest BCUT2D eigenvalue weighted by Crippen LogP contribution is -2.27. The summed E-state index contributed by atoms with van der Waals surface area (Å²) in [6.07, 6.45) is -3.22. The van der Waals surface area contributed by atoms with Gasteiger partial charge in [-0.1, -0.05) is 11.6 Å². The molecular weight excluding hydrogens is 489 g/mol. The molecular formula is C23H20ClF3N4O4. The number of ether oxygens (including phenoxy) is 2. The second kappa shape index (κ2) is 11.5. The summed E-state index contributed by atoms with van der Waals surface area (Å²) in [4.78, 5) is 28.3. The molecule has 0 aliphatic carbocycles. The summed E-state index contributed by atoms with van der Waals surface area (Å²) in [6.45, 7) is 0.709. The second-order valence-corrected chi connectivity index (χ2v) is 7.43. The first-order chi connectivity index (χ1) is 16.7. The molecule has 0 fully saturated rings. The van der Waals surface area contributed by atoms with Crippen molar-refractivity contribution in [3.63, 3.8) is 0 Å². The molecule has 2 aromatic carbocycles. The number of pyridine rings is 1. The number of benzene rings is 2. The van der Waals surface area contributed by atoms with E-state index >= 15 is 0 Å². The highest BCUT2D eigenvalue weighted by molar-refractivity contribution is 6.31.